The van der Waals surface area contributed by atoms with E-state index in [1.54, 1.807) is 12.1 Å². The van der Waals surface area contributed by atoms with Gasteiger partial charge in [0.1, 0.15) is 0 Å². The van der Waals surface area contributed by atoms with Crippen LogP contribution in [-0.4, -0.2) is 51.4 Å². The van der Waals surface area contributed by atoms with Crippen molar-refractivity contribution in [3.8, 4) is 0 Å². The van der Waals surface area contributed by atoms with Gasteiger partial charge in [0.25, 0.3) is 0 Å². The Bertz CT molecular complexity index is 695. The number of sulfonamides is 1. The molecule has 2 N–H and O–H groups in total. The van der Waals surface area contributed by atoms with Crippen LogP contribution >= 0.6 is 15.9 Å². The number of piperidine rings is 1. The highest BCUT2D eigenvalue weighted by atomic mass is 79.9. The molecule has 0 aromatic heterocycles. The molecule has 6 nitrogen and oxygen atoms in total. The van der Waals surface area contributed by atoms with Crippen molar-refractivity contribution in [2.75, 3.05) is 26.2 Å². The quantitative estimate of drug-likeness (QED) is 0.527. The van der Waals surface area contributed by atoms with Crippen molar-refractivity contribution < 1.29 is 13.2 Å². The third-order valence-corrected chi connectivity index (χ3v) is 6.91. The van der Waals surface area contributed by atoms with Crippen LogP contribution in [0.3, 0.4) is 0 Å². The van der Waals surface area contributed by atoms with Crippen LogP contribution in [0.1, 0.15) is 45.4 Å². The third kappa shape index (κ3) is 7.89. The van der Waals surface area contributed by atoms with E-state index in [-0.39, 0.29) is 23.8 Å². The second-order valence-electron chi connectivity index (χ2n) is 7.04. The number of likely N-dealkylation sites (tertiary alicyclic amines) is 1. The Balaban J connectivity index is 1.57. The van der Waals surface area contributed by atoms with Crippen LogP contribution in [0, 0.1) is 0 Å². The summed E-state index contributed by atoms with van der Waals surface area (Å²) in [6.07, 6.45) is 6.06. The second-order valence-corrected chi connectivity index (χ2v) is 9.72. The van der Waals surface area contributed by atoms with Gasteiger partial charge in [0, 0.05) is 30.0 Å². The Morgan fingerprint density at radius 1 is 1.19 bits per heavy atom. The molecule has 27 heavy (non-hydrogen) atoms. The maximum Gasteiger partial charge on any atom is 0.240 e. The maximum absolute atomic E-state index is 12.1. The number of carbonyl (C=O) groups excluding carboxylic acids is 1. The summed E-state index contributed by atoms with van der Waals surface area (Å²) in [6.45, 7) is 5.29. The molecule has 0 bridgehead atoms. The van der Waals surface area contributed by atoms with E-state index in [0.717, 1.165) is 23.9 Å². The van der Waals surface area contributed by atoms with E-state index < -0.39 is 10.0 Å². The molecule has 0 aliphatic carbocycles. The van der Waals surface area contributed by atoms with Gasteiger partial charge in [0.2, 0.25) is 15.9 Å². The minimum absolute atomic E-state index is 0.0928. The average Bonchev–Trinajstić information content (AvgIpc) is 2.63. The Hall–Kier alpha value is -0.960. The highest BCUT2D eigenvalue weighted by Crippen LogP contribution is 2.16. The monoisotopic (exact) mass is 459 g/mol. The standard InChI is InChI=1S/C19H30BrN3O3S/c1-16-6-2-4-14-23(16)15-5-3-12-21-19(24)11-13-22-27(25,26)18-9-7-17(20)8-10-18/h7-10,16,22H,2-6,11-15H2,1H3,(H,21,24). The number of amides is 1. The lowest BCUT2D eigenvalue weighted by atomic mass is 10.0. The number of hydrogen-bond acceptors (Lipinski definition) is 4. The lowest BCUT2D eigenvalue weighted by molar-refractivity contribution is -0.120. The molecule has 8 heteroatoms. The molecule has 1 amide bonds. The molecule has 1 aliphatic rings. The van der Waals surface area contributed by atoms with Gasteiger partial charge in [-0.1, -0.05) is 22.4 Å². The summed E-state index contributed by atoms with van der Waals surface area (Å²) in [6, 6.07) is 7.07. The fourth-order valence-corrected chi connectivity index (χ4v) is 4.54. The van der Waals surface area contributed by atoms with Crippen LogP contribution in [0.15, 0.2) is 33.6 Å². The topological polar surface area (TPSA) is 78.5 Å². The molecule has 2 rings (SSSR count). The molecule has 152 valence electrons. The molecule has 1 aromatic rings. The van der Waals surface area contributed by atoms with Crippen molar-refractivity contribution in [2.45, 2.75) is 56.4 Å². The summed E-state index contributed by atoms with van der Waals surface area (Å²) in [4.78, 5) is 14.6. The molecule has 1 fully saturated rings. The van der Waals surface area contributed by atoms with Gasteiger partial charge in [-0.2, -0.15) is 0 Å². The number of nitrogens with one attached hydrogen (secondary N) is 2. The molecule has 1 unspecified atom stereocenters. The Morgan fingerprint density at radius 2 is 1.93 bits per heavy atom. The molecule has 1 aromatic carbocycles. The Kier molecular flexibility index (Phi) is 9.21. The first-order valence-corrected chi connectivity index (χ1v) is 11.9. The van der Waals surface area contributed by atoms with E-state index in [4.69, 9.17) is 0 Å². The van der Waals surface area contributed by atoms with Crippen molar-refractivity contribution >= 4 is 31.9 Å². The van der Waals surface area contributed by atoms with Crippen LogP contribution in [0.5, 0.6) is 0 Å². The number of benzene rings is 1. The van der Waals surface area contributed by atoms with Crippen molar-refractivity contribution in [3.05, 3.63) is 28.7 Å². The predicted molar refractivity (Wildman–Crippen MR) is 111 cm³/mol. The van der Waals surface area contributed by atoms with E-state index in [2.05, 4.69) is 37.8 Å². The minimum Gasteiger partial charge on any atom is -0.356 e. The number of rotatable bonds is 10. The predicted octanol–water partition coefficient (Wildman–Crippen LogP) is 2.89. The van der Waals surface area contributed by atoms with Gasteiger partial charge in [0.05, 0.1) is 4.90 Å². The average molecular weight is 460 g/mol. The zero-order valence-corrected chi connectivity index (χ0v) is 18.3. The van der Waals surface area contributed by atoms with E-state index in [1.165, 1.54) is 37.9 Å². The first kappa shape index (κ1) is 22.3. The number of nitrogens with zero attached hydrogens (tertiary/aromatic N) is 1. The normalized spacial score (nSPS) is 18.4. The molecular formula is C19H30BrN3O3S. The summed E-state index contributed by atoms with van der Waals surface area (Å²) < 4.78 is 27.6. The fraction of sp³-hybridized carbons (Fsp3) is 0.632. The summed E-state index contributed by atoms with van der Waals surface area (Å²) in [5.41, 5.74) is 0. The van der Waals surface area contributed by atoms with Gasteiger partial charge in [-0.05, 0) is 70.0 Å². The van der Waals surface area contributed by atoms with E-state index in [9.17, 15) is 13.2 Å². The van der Waals surface area contributed by atoms with Crippen molar-refractivity contribution in [1.82, 2.24) is 14.9 Å². The molecule has 0 radical (unpaired) electrons. The van der Waals surface area contributed by atoms with Gasteiger partial charge in [0.15, 0.2) is 0 Å². The largest absolute Gasteiger partial charge is 0.356 e. The first-order valence-electron chi connectivity index (χ1n) is 9.64. The van der Waals surface area contributed by atoms with Crippen molar-refractivity contribution in [1.29, 1.82) is 0 Å². The highest BCUT2D eigenvalue weighted by molar-refractivity contribution is 9.10. The number of hydrogen-bond donors (Lipinski definition) is 2. The van der Waals surface area contributed by atoms with Gasteiger partial charge in [-0.15, -0.1) is 0 Å². The van der Waals surface area contributed by atoms with Gasteiger partial charge < -0.3 is 10.2 Å². The first-order chi connectivity index (χ1) is 12.9. The second kappa shape index (κ2) is 11.1. The SMILES string of the molecule is CC1CCCCN1CCCCNC(=O)CCNS(=O)(=O)c1ccc(Br)cc1. The Labute approximate surface area is 171 Å². The molecular weight excluding hydrogens is 430 g/mol. The molecule has 0 spiro atoms. The summed E-state index contributed by atoms with van der Waals surface area (Å²) in [5, 5.41) is 2.87. The number of carbonyl (C=O) groups is 1. The lowest BCUT2D eigenvalue weighted by Gasteiger charge is -2.33. The summed E-state index contributed by atoms with van der Waals surface area (Å²) in [7, 11) is -3.58. The van der Waals surface area contributed by atoms with Crippen LogP contribution in [0.25, 0.3) is 0 Å². The molecule has 1 atom stereocenters. The van der Waals surface area contributed by atoms with Gasteiger partial charge in [-0.3, -0.25) is 4.79 Å². The number of unbranched alkanes of at least 4 members (excludes halogenated alkanes) is 1. The third-order valence-electron chi connectivity index (χ3n) is 4.90. The van der Waals surface area contributed by atoms with Gasteiger partial charge >= 0.3 is 0 Å². The van der Waals surface area contributed by atoms with Crippen LogP contribution < -0.4 is 10.0 Å². The maximum atomic E-state index is 12.1. The minimum atomic E-state index is -3.58. The van der Waals surface area contributed by atoms with Crippen LogP contribution in [0.4, 0.5) is 0 Å². The molecule has 1 aliphatic heterocycles. The Morgan fingerprint density at radius 3 is 2.63 bits per heavy atom. The van der Waals surface area contributed by atoms with Crippen molar-refractivity contribution in [3.63, 3.8) is 0 Å². The van der Waals surface area contributed by atoms with Crippen molar-refractivity contribution in [2.24, 2.45) is 0 Å². The van der Waals surface area contributed by atoms with Crippen LogP contribution in [0.2, 0.25) is 0 Å². The molecule has 1 saturated heterocycles. The number of halogens is 1. The zero-order chi connectivity index (χ0) is 19.7. The van der Waals surface area contributed by atoms with E-state index in [0.29, 0.717) is 12.6 Å². The highest BCUT2D eigenvalue weighted by Gasteiger charge is 2.17. The summed E-state index contributed by atoms with van der Waals surface area (Å²) >= 11 is 3.27. The summed E-state index contributed by atoms with van der Waals surface area (Å²) in [5.74, 6) is -0.125. The van der Waals surface area contributed by atoms with E-state index in [1.807, 2.05) is 0 Å². The molecule has 0 saturated carbocycles. The lowest BCUT2D eigenvalue weighted by Crippen LogP contribution is -2.38. The fourth-order valence-electron chi connectivity index (χ4n) is 3.24. The smallest absolute Gasteiger partial charge is 0.240 e. The zero-order valence-electron chi connectivity index (χ0n) is 15.9. The molecule has 1 heterocycles. The van der Waals surface area contributed by atoms with Crippen LogP contribution in [-0.2, 0) is 14.8 Å². The van der Waals surface area contributed by atoms with Gasteiger partial charge in [-0.25, -0.2) is 13.1 Å². The van der Waals surface area contributed by atoms with E-state index >= 15 is 0 Å².